The van der Waals surface area contributed by atoms with Gasteiger partial charge in [0.1, 0.15) is 0 Å². The SMILES string of the molecule is NC(=O)c1cc(C(N)=O)c2cc3ccccc3cc2c1. The fourth-order valence-electron chi connectivity index (χ4n) is 2.40. The van der Waals surface area contributed by atoms with Crippen LogP contribution in [0, 0.1) is 0 Å². The van der Waals surface area contributed by atoms with Gasteiger partial charge in [0.15, 0.2) is 0 Å². The second-order valence-corrected chi connectivity index (χ2v) is 4.67. The van der Waals surface area contributed by atoms with Gasteiger partial charge in [0.25, 0.3) is 0 Å². The predicted octanol–water partition coefficient (Wildman–Crippen LogP) is 2.19. The fraction of sp³-hybridized carbons (Fsp3) is 0. The van der Waals surface area contributed by atoms with Crippen LogP contribution >= 0.6 is 0 Å². The number of amides is 2. The number of rotatable bonds is 2. The van der Waals surface area contributed by atoms with Gasteiger partial charge in [0.2, 0.25) is 11.8 Å². The minimum atomic E-state index is -0.581. The third kappa shape index (κ3) is 1.87. The number of carbonyl (C=O) groups excluding carboxylic acids is 2. The minimum Gasteiger partial charge on any atom is -0.366 e. The van der Waals surface area contributed by atoms with Gasteiger partial charge < -0.3 is 11.5 Å². The van der Waals surface area contributed by atoms with E-state index in [1.54, 1.807) is 6.07 Å². The van der Waals surface area contributed by atoms with Crippen LogP contribution < -0.4 is 11.5 Å². The van der Waals surface area contributed by atoms with Crippen molar-refractivity contribution in [1.82, 2.24) is 0 Å². The predicted molar refractivity (Wildman–Crippen MR) is 78.5 cm³/mol. The Morgan fingerprint density at radius 1 is 0.750 bits per heavy atom. The normalized spacial score (nSPS) is 10.8. The highest BCUT2D eigenvalue weighted by molar-refractivity contribution is 6.12. The van der Waals surface area contributed by atoms with E-state index in [2.05, 4.69) is 0 Å². The molecule has 0 aliphatic carbocycles. The highest BCUT2D eigenvalue weighted by Crippen LogP contribution is 2.26. The van der Waals surface area contributed by atoms with Gasteiger partial charge in [-0.3, -0.25) is 9.59 Å². The van der Waals surface area contributed by atoms with Crippen molar-refractivity contribution in [3.8, 4) is 0 Å². The molecule has 4 N–H and O–H groups in total. The maximum atomic E-state index is 11.6. The van der Waals surface area contributed by atoms with Crippen LogP contribution in [0.25, 0.3) is 21.5 Å². The molecule has 0 aromatic heterocycles. The molecule has 0 radical (unpaired) electrons. The molecule has 0 saturated heterocycles. The van der Waals surface area contributed by atoms with E-state index in [4.69, 9.17) is 11.5 Å². The molecule has 0 aliphatic heterocycles. The van der Waals surface area contributed by atoms with Gasteiger partial charge >= 0.3 is 0 Å². The number of fused-ring (bicyclic) bond motifs is 2. The average Bonchev–Trinajstić information content (AvgIpc) is 2.43. The van der Waals surface area contributed by atoms with Gasteiger partial charge in [-0.2, -0.15) is 0 Å². The lowest BCUT2D eigenvalue weighted by Crippen LogP contribution is -2.15. The average molecular weight is 264 g/mol. The summed E-state index contributed by atoms with van der Waals surface area (Å²) in [4.78, 5) is 22.9. The molecule has 0 saturated carbocycles. The number of nitrogens with two attached hydrogens (primary N) is 2. The van der Waals surface area contributed by atoms with Crippen LogP contribution in [0.4, 0.5) is 0 Å². The van der Waals surface area contributed by atoms with Crippen molar-refractivity contribution >= 4 is 33.4 Å². The van der Waals surface area contributed by atoms with E-state index in [9.17, 15) is 9.59 Å². The summed E-state index contributed by atoms with van der Waals surface area (Å²) < 4.78 is 0. The Kier molecular flexibility index (Phi) is 2.64. The minimum absolute atomic E-state index is 0.279. The van der Waals surface area contributed by atoms with Crippen LogP contribution in [0.15, 0.2) is 48.5 Å². The molecular formula is C16H12N2O2. The lowest BCUT2D eigenvalue weighted by atomic mass is 9.96. The van der Waals surface area contributed by atoms with Gasteiger partial charge in [-0.05, 0) is 45.8 Å². The van der Waals surface area contributed by atoms with Gasteiger partial charge in [0, 0.05) is 11.1 Å². The van der Waals surface area contributed by atoms with E-state index < -0.39 is 11.8 Å². The second-order valence-electron chi connectivity index (χ2n) is 4.67. The van der Waals surface area contributed by atoms with E-state index in [0.29, 0.717) is 5.56 Å². The summed E-state index contributed by atoms with van der Waals surface area (Å²) in [6, 6.07) is 14.7. The van der Waals surface area contributed by atoms with Crippen LogP contribution in [0.1, 0.15) is 20.7 Å². The molecule has 2 amide bonds. The maximum Gasteiger partial charge on any atom is 0.249 e. The van der Waals surface area contributed by atoms with Gasteiger partial charge in [0.05, 0.1) is 0 Å². The molecular weight excluding hydrogens is 252 g/mol. The van der Waals surface area contributed by atoms with Crippen molar-refractivity contribution in [2.45, 2.75) is 0 Å². The molecule has 0 heterocycles. The molecule has 0 aliphatic rings. The number of carbonyl (C=O) groups is 2. The number of primary amides is 2. The Bertz CT molecular complexity index is 869. The van der Waals surface area contributed by atoms with Crippen molar-refractivity contribution in [2.24, 2.45) is 11.5 Å². The summed E-state index contributed by atoms with van der Waals surface area (Å²) in [6.45, 7) is 0. The Balaban J connectivity index is 2.46. The molecule has 0 fully saturated rings. The number of benzene rings is 3. The van der Waals surface area contributed by atoms with Crippen molar-refractivity contribution in [1.29, 1.82) is 0 Å². The molecule has 20 heavy (non-hydrogen) atoms. The van der Waals surface area contributed by atoms with E-state index in [1.807, 2.05) is 36.4 Å². The van der Waals surface area contributed by atoms with E-state index in [-0.39, 0.29) is 5.56 Å². The van der Waals surface area contributed by atoms with Crippen LogP contribution in [-0.4, -0.2) is 11.8 Å². The third-order valence-electron chi connectivity index (χ3n) is 3.37. The zero-order chi connectivity index (χ0) is 14.3. The number of hydrogen-bond acceptors (Lipinski definition) is 2. The summed E-state index contributed by atoms with van der Waals surface area (Å²) >= 11 is 0. The second kappa shape index (κ2) is 4.35. The first-order chi connectivity index (χ1) is 9.56. The highest BCUT2D eigenvalue weighted by atomic mass is 16.1. The zero-order valence-electron chi connectivity index (χ0n) is 10.6. The monoisotopic (exact) mass is 264 g/mol. The van der Waals surface area contributed by atoms with Crippen LogP contribution in [0.3, 0.4) is 0 Å². The number of hydrogen-bond donors (Lipinski definition) is 2. The molecule has 0 atom stereocenters. The van der Waals surface area contributed by atoms with Crippen LogP contribution in [0.2, 0.25) is 0 Å². The quantitative estimate of drug-likeness (QED) is 0.695. The fourth-order valence-corrected chi connectivity index (χ4v) is 2.40. The van der Waals surface area contributed by atoms with Gasteiger partial charge in [-0.25, -0.2) is 0 Å². The van der Waals surface area contributed by atoms with Crippen molar-refractivity contribution < 1.29 is 9.59 Å². The van der Waals surface area contributed by atoms with Crippen LogP contribution in [0.5, 0.6) is 0 Å². The molecule has 4 nitrogen and oxygen atoms in total. The molecule has 3 aromatic rings. The Labute approximate surface area is 115 Å². The topological polar surface area (TPSA) is 86.2 Å². The molecule has 0 spiro atoms. The molecule has 3 rings (SSSR count). The summed E-state index contributed by atoms with van der Waals surface area (Å²) in [7, 11) is 0. The largest absolute Gasteiger partial charge is 0.366 e. The summed E-state index contributed by atoms with van der Waals surface area (Å²) in [5.41, 5.74) is 11.3. The van der Waals surface area contributed by atoms with Crippen molar-refractivity contribution in [3.05, 3.63) is 59.7 Å². The maximum absolute atomic E-state index is 11.6. The molecule has 0 bridgehead atoms. The first kappa shape index (κ1) is 12.2. The third-order valence-corrected chi connectivity index (χ3v) is 3.37. The van der Waals surface area contributed by atoms with E-state index in [1.165, 1.54) is 6.07 Å². The van der Waals surface area contributed by atoms with Crippen molar-refractivity contribution in [3.63, 3.8) is 0 Å². The molecule has 4 heteroatoms. The Hall–Kier alpha value is -2.88. The highest BCUT2D eigenvalue weighted by Gasteiger charge is 2.12. The lowest BCUT2D eigenvalue weighted by Gasteiger charge is -2.08. The van der Waals surface area contributed by atoms with Crippen LogP contribution in [-0.2, 0) is 0 Å². The van der Waals surface area contributed by atoms with Crippen molar-refractivity contribution in [2.75, 3.05) is 0 Å². The first-order valence-corrected chi connectivity index (χ1v) is 6.12. The zero-order valence-corrected chi connectivity index (χ0v) is 10.6. The summed E-state index contributed by atoms with van der Waals surface area (Å²) in [6.07, 6.45) is 0. The van der Waals surface area contributed by atoms with Gasteiger partial charge in [-0.15, -0.1) is 0 Å². The standard InChI is InChI=1S/C16H12N2O2/c17-15(19)12-6-11-5-9-3-1-2-4-10(9)7-13(11)14(8-12)16(18)20/h1-8H,(H2,17,19)(H2,18,20). The first-order valence-electron chi connectivity index (χ1n) is 6.12. The smallest absolute Gasteiger partial charge is 0.249 e. The molecule has 98 valence electrons. The molecule has 0 unspecified atom stereocenters. The van der Waals surface area contributed by atoms with E-state index in [0.717, 1.165) is 21.5 Å². The van der Waals surface area contributed by atoms with Gasteiger partial charge in [-0.1, -0.05) is 24.3 Å². The Morgan fingerprint density at radius 2 is 1.40 bits per heavy atom. The summed E-state index contributed by atoms with van der Waals surface area (Å²) in [5, 5.41) is 3.53. The Morgan fingerprint density at radius 3 is 2.00 bits per heavy atom. The van der Waals surface area contributed by atoms with E-state index >= 15 is 0 Å². The molecule has 3 aromatic carbocycles. The summed E-state index contributed by atoms with van der Waals surface area (Å²) in [5.74, 6) is -1.16. The lowest BCUT2D eigenvalue weighted by molar-refractivity contribution is 0.0999.